The minimum atomic E-state index is -4.67. The topological polar surface area (TPSA) is 30.7 Å². The fraction of sp³-hybridized carbons (Fsp3) is 0.0323. The molecule has 0 unspecified atom stereocenters. The molecule has 0 aliphatic rings. The largest absolute Gasteiger partial charge is 0.450 e. The first-order valence-corrected chi connectivity index (χ1v) is 11.8. The number of nitrogens with zero attached hydrogens (tertiary/aromatic N) is 3. The highest BCUT2D eigenvalue weighted by Crippen LogP contribution is 2.37. The fourth-order valence-electron chi connectivity index (χ4n) is 4.59. The van der Waals surface area contributed by atoms with Crippen LogP contribution in [0.25, 0.3) is 50.2 Å². The van der Waals surface area contributed by atoms with Crippen LogP contribution in [-0.2, 0) is 6.18 Å². The molecule has 180 valence electrons. The Morgan fingerprint density at radius 1 is 0.568 bits per heavy atom. The summed E-state index contributed by atoms with van der Waals surface area (Å²) in [6.45, 7) is 0. The van der Waals surface area contributed by atoms with Gasteiger partial charge in [-0.3, -0.25) is 4.57 Å². The van der Waals surface area contributed by atoms with Crippen LogP contribution >= 0.6 is 0 Å². The molecule has 2 heterocycles. The lowest BCUT2D eigenvalue weighted by molar-refractivity contribution is -0.145. The molecule has 0 atom stereocenters. The Bertz CT molecular complexity index is 1710. The molecule has 2 aromatic heterocycles. The van der Waals surface area contributed by atoms with Crippen LogP contribution in [0.2, 0.25) is 0 Å². The van der Waals surface area contributed by atoms with Crippen LogP contribution in [0.1, 0.15) is 5.82 Å². The van der Waals surface area contributed by atoms with Gasteiger partial charge in [0.2, 0.25) is 5.82 Å². The van der Waals surface area contributed by atoms with E-state index >= 15 is 0 Å². The number of pyridine rings is 1. The molecule has 0 spiro atoms. The number of fused-ring (bicyclic) bond motifs is 1. The number of benzene rings is 4. The van der Waals surface area contributed by atoms with E-state index in [9.17, 15) is 13.2 Å². The third-order valence-corrected chi connectivity index (χ3v) is 6.29. The number of hydrogen-bond donors (Lipinski definition) is 0. The second-order valence-electron chi connectivity index (χ2n) is 8.66. The molecule has 37 heavy (non-hydrogen) atoms. The van der Waals surface area contributed by atoms with E-state index in [1.165, 1.54) is 6.20 Å². The van der Waals surface area contributed by atoms with E-state index in [0.29, 0.717) is 11.3 Å². The Hall–Kier alpha value is -4.71. The van der Waals surface area contributed by atoms with Crippen LogP contribution in [0.4, 0.5) is 13.2 Å². The van der Waals surface area contributed by atoms with Gasteiger partial charge in [0.15, 0.2) is 5.65 Å². The highest BCUT2D eigenvalue weighted by Gasteiger charge is 2.39. The Morgan fingerprint density at radius 3 is 1.78 bits per heavy atom. The number of hydrogen-bond acceptors (Lipinski definition) is 2. The summed E-state index contributed by atoms with van der Waals surface area (Å²) in [5.74, 6) is -1.01. The van der Waals surface area contributed by atoms with Gasteiger partial charge in [-0.15, -0.1) is 0 Å². The van der Waals surface area contributed by atoms with E-state index in [2.05, 4.69) is 9.97 Å². The molecule has 0 radical (unpaired) electrons. The van der Waals surface area contributed by atoms with Crippen molar-refractivity contribution in [1.29, 1.82) is 0 Å². The summed E-state index contributed by atoms with van der Waals surface area (Å²) in [5, 5.41) is 0. The van der Waals surface area contributed by atoms with E-state index in [4.69, 9.17) is 0 Å². The zero-order valence-electron chi connectivity index (χ0n) is 19.5. The number of halogens is 3. The maximum atomic E-state index is 14.3. The summed E-state index contributed by atoms with van der Waals surface area (Å²) < 4.78 is 44.0. The SMILES string of the molecule is FC(F)(F)c1nc2c(-c3cccc(-c4ccccc4)c3)ccnc2n1-c1cccc(-c2ccccc2)c1. The lowest BCUT2D eigenvalue weighted by atomic mass is 9.99. The van der Waals surface area contributed by atoms with Crippen molar-refractivity contribution in [3.05, 3.63) is 127 Å². The highest BCUT2D eigenvalue weighted by molar-refractivity contribution is 5.92. The zero-order valence-corrected chi connectivity index (χ0v) is 19.5. The molecule has 0 saturated heterocycles. The first kappa shape index (κ1) is 22.7. The van der Waals surface area contributed by atoms with Gasteiger partial charge in [-0.25, -0.2) is 9.97 Å². The summed E-state index contributed by atoms with van der Waals surface area (Å²) in [6, 6.07) is 35.8. The monoisotopic (exact) mass is 491 g/mol. The van der Waals surface area contributed by atoms with Crippen molar-refractivity contribution in [3.8, 4) is 39.1 Å². The van der Waals surface area contributed by atoms with Crippen molar-refractivity contribution in [2.45, 2.75) is 6.18 Å². The standard InChI is InChI=1S/C31H20F3N3/c32-31(33,34)30-36-28-27(25-15-7-13-23(19-25)21-9-3-1-4-10-21)17-18-35-29(28)37(30)26-16-8-14-24(20-26)22-11-5-2-6-12-22/h1-20H. The summed E-state index contributed by atoms with van der Waals surface area (Å²) in [5.41, 5.74) is 5.76. The summed E-state index contributed by atoms with van der Waals surface area (Å²) >= 11 is 0. The lowest BCUT2D eigenvalue weighted by Crippen LogP contribution is -2.14. The minimum Gasteiger partial charge on any atom is -0.273 e. The summed E-state index contributed by atoms with van der Waals surface area (Å²) in [7, 11) is 0. The molecule has 6 aromatic rings. The van der Waals surface area contributed by atoms with E-state index in [1.807, 2.05) is 91.0 Å². The van der Waals surface area contributed by atoms with Gasteiger partial charge in [0.05, 0.1) is 0 Å². The van der Waals surface area contributed by atoms with Gasteiger partial charge < -0.3 is 0 Å². The van der Waals surface area contributed by atoms with Crippen LogP contribution in [-0.4, -0.2) is 14.5 Å². The Labute approximate surface area is 211 Å². The smallest absolute Gasteiger partial charge is 0.273 e. The molecule has 0 saturated carbocycles. The van der Waals surface area contributed by atoms with Gasteiger partial charge in [-0.2, -0.15) is 13.2 Å². The second-order valence-corrected chi connectivity index (χ2v) is 8.66. The third-order valence-electron chi connectivity index (χ3n) is 6.29. The third kappa shape index (κ3) is 4.27. The van der Waals surface area contributed by atoms with Crippen molar-refractivity contribution >= 4 is 11.2 Å². The predicted molar refractivity (Wildman–Crippen MR) is 140 cm³/mol. The predicted octanol–water partition coefficient (Wildman–Crippen LogP) is 8.44. The van der Waals surface area contributed by atoms with Crippen LogP contribution in [0.15, 0.2) is 121 Å². The second kappa shape index (κ2) is 9.06. The molecule has 0 fully saturated rings. The average Bonchev–Trinajstić information content (AvgIpc) is 3.35. The van der Waals surface area contributed by atoms with Gasteiger partial charge in [0.1, 0.15) is 5.52 Å². The maximum absolute atomic E-state index is 14.3. The first-order valence-electron chi connectivity index (χ1n) is 11.8. The molecule has 0 N–H and O–H groups in total. The van der Waals surface area contributed by atoms with Crippen molar-refractivity contribution in [1.82, 2.24) is 14.5 Å². The number of imidazole rings is 1. The molecular formula is C31H20F3N3. The fourth-order valence-corrected chi connectivity index (χ4v) is 4.59. The van der Waals surface area contributed by atoms with Crippen molar-refractivity contribution in [2.75, 3.05) is 0 Å². The molecule has 0 bridgehead atoms. The van der Waals surface area contributed by atoms with E-state index in [1.54, 1.807) is 24.3 Å². The highest BCUT2D eigenvalue weighted by atomic mass is 19.4. The Morgan fingerprint density at radius 2 is 1.14 bits per heavy atom. The number of aromatic nitrogens is 3. The summed E-state index contributed by atoms with van der Waals surface area (Å²) in [6.07, 6.45) is -3.14. The van der Waals surface area contributed by atoms with Crippen LogP contribution in [0.5, 0.6) is 0 Å². The molecule has 4 aromatic carbocycles. The molecule has 0 aliphatic heterocycles. The van der Waals surface area contributed by atoms with Crippen LogP contribution in [0, 0.1) is 0 Å². The molecule has 6 heteroatoms. The van der Waals surface area contributed by atoms with Crippen molar-refractivity contribution in [3.63, 3.8) is 0 Å². The number of alkyl halides is 3. The van der Waals surface area contributed by atoms with Gasteiger partial charge in [-0.05, 0) is 52.1 Å². The van der Waals surface area contributed by atoms with Gasteiger partial charge in [0, 0.05) is 17.4 Å². The lowest BCUT2D eigenvalue weighted by Gasteiger charge is -2.12. The van der Waals surface area contributed by atoms with Crippen molar-refractivity contribution in [2.24, 2.45) is 0 Å². The normalized spacial score (nSPS) is 11.6. The maximum Gasteiger partial charge on any atom is 0.450 e. The average molecular weight is 492 g/mol. The first-order chi connectivity index (χ1) is 18.0. The summed E-state index contributed by atoms with van der Waals surface area (Å²) in [4.78, 5) is 8.48. The van der Waals surface area contributed by atoms with Gasteiger partial charge in [-0.1, -0.05) is 91.0 Å². The van der Waals surface area contributed by atoms with Gasteiger partial charge in [0.25, 0.3) is 0 Å². The van der Waals surface area contributed by atoms with Gasteiger partial charge >= 0.3 is 6.18 Å². The van der Waals surface area contributed by atoms with Crippen LogP contribution in [0.3, 0.4) is 0 Å². The molecule has 0 aliphatic carbocycles. The zero-order chi connectivity index (χ0) is 25.4. The molecular weight excluding hydrogens is 471 g/mol. The molecule has 6 rings (SSSR count). The Kier molecular flexibility index (Phi) is 5.57. The quantitative estimate of drug-likeness (QED) is 0.248. The van der Waals surface area contributed by atoms with Crippen LogP contribution < -0.4 is 0 Å². The van der Waals surface area contributed by atoms with E-state index in [-0.39, 0.29) is 11.2 Å². The minimum absolute atomic E-state index is 0.153. The molecule has 3 nitrogen and oxygen atoms in total. The number of rotatable bonds is 4. The molecule has 0 amide bonds. The Balaban J connectivity index is 1.55. The van der Waals surface area contributed by atoms with Crippen molar-refractivity contribution < 1.29 is 13.2 Å². The van der Waals surface area contributed by atoms with E-state index < -0.39 is 12.0 Å². The van der Waals surface area contributed by atoms with E-state index in [0.717, 1.165) is 32.4 Å².